The minimum atomic E-state index is -0.603. The van der Waals surface area contributed by atoms with Crippen molar-refractivity contribution < 1.29 is 19.1 Å². The smallest absolute Gasteiger partial charge is 0.341 e. The van der Waals surface area contributed by atoms with Gasteiger partial charge in [-0.25, -0.2) is 4.79 Å². The summed E-state index contributed by atoms with van der Waals surface area (Å²) in [5.74, 6) is -1.31. The first-order chi connectivity index (χ1) is 11.5. The molecule has 2 N–H and O–H groups in total. The van der Waals surface area contributed by atoms with Crippen LogP contribution in [0.1, 0.15) is 47.0 Å². The van der Waals surface area contributed by atoms with Crippen LogP contribution >= 0.6 is 11.3 Å². The molecule has 0 fully saturated rings. The van der Waals surface area contributed by atoms with Gasteiger partial charge < -0.3 is 15.4 Å². The third kappa shape index (κ3) is 4.55. The van der Waals surface area contributed by atoms with Gasteiger partial charge >= 0.3 is 5.97 Å². The summed E-state index contributed by atoms with van der Waals surface area (Å²) in [6.07, 6.45) is 3.89. The lowest BCUT2D eigenvalue weighted by molar-refractivity contribution is -0.124. The summed E-state index contributed by atoms with van der Waals surface area (Å²) in [6, 6.07) is 1.91. The fourth-order valence-electron chi connectivity index (χ4n) is 2.54. The van der Waals surface area contributed by atoms with E-state index in [1.165, 1.54) is 18.3 Å². The number of carbonyl (C=O) groups excluding carboxylic acids is 3. The molecule has 0 radical (unpaired) electrons. The lowest BCUT2D eigenvalue weighted by Crippen LogP contribution is -2.29. The van der Waals surface area contributed by atoms with Crippen molar-refractivity contribution in [2.24, 2.45) is 0 Å². The zero-order valence-electron chi connectivity index (χ0n) is 13.4. The second-order valence-electron chi connectivity index (χ2n) is 5.43. The SMILES string of the molecule is CC(=O)Nc1sc2c(c1C(=O)OCC(=O)NCCC#N)CCCC2. The number of amides is 2. The minimum absolute atomic E-state index is 0.199. The largest absolute Gasteiger partial charge is 0.452 e. The number of nitrogens with zero attached hydrogens (tertiary/aromatic N) is 1. The Morgan fingerprint density at radius 2 is 2.04 bits per heavy atom. The number of aryl methyl sites for hydroxylation is 1. The molecule has 2 amide bonds. The lowest BCUT2D eigenvalue weighted by atomic mass is 9.95. The van der Waals surface area contributed by atoms with Gasteiger partial charge in [0, 0.05) is 18.3 Å². The Labute approximate surface area is 144 Å². The van der Waals surface area contributed by atoms with Crippen LogP contribution in [0.4, 0.5) is 5.00 Å². The Kier molecular flexibility index (Phi) is 6.32. The molecule has 0 atom stereocenters. The number of fused-ring (bicyclic) bond motifs is 1. The van der Waals surface area contributed by atoms with E-state index < -0.39 is 18.5 Å². The Bertz CT molecular complexity index is 690. The molecule has 1 heterocycles. The van der Waals surface area contributed by atoms with E-state index in [2.05, 4.69) is 10.6 Å². The monoisotopic (exact) mass is 349 g/mol. The highest BCUT2D eigenvalue weighted by Crippen LogP contribution is 2.38. The number of thiophene rings is 1. The van der Waals surface area contributed by atoms with Gasteiger partial charge in [0.1, 0.15) is 5.00 Å². The molecule has 128 valence electrons. The number of carbonyl (C=O) groups is 3. The topological polar surface area (TPSA) is 108 Å². The molecule has 0 bridgehead atoms. The maximum Gasteiger partial charge on any atom is 0.341 e. The number of anilines is 1. The third-order valence-corrected chi connectivity index (χ3v) is 4.77. The fourth-order valence-corrected chi connectivity index (χ4v) is 3.87. The molecule has 1 aliphatic carbocycles. The van der Waals surface area contributed by atoms with Gasteiger partial charge in [-0.3, -0.25) is 9.59 Å². The number of hydrogen-bond acceptors (Lipinski definition) is 6. The van der Waals surface area contributed by atoms with E-state index >= 15 is 0 Å². The van der Waals surface area contributed by atoms with Crippen LogP contribution in [-0.2, 0) is 27.2 Å². The number of nitrogens with one attached hydrogen (secondary N) is 2. The quantitative estimate of drug-likeness (QED) is 0.601. The number of nitriles is 1. The summed E-state index contributed by atoms with van der Waals surface area (Å²) >= 11 is 1.40. The fraction of sp³-hybridized carbons (Fsp3) is 0.500. The average molecular weight is 349 g/mol. The molecule has 7 nitrogen and oxygen atoms in total. The van der Waals surface area contributed by atoms with E-state index in [-0.39, 0.29) is 18.9 Å². The highest BCUT2D eigenvalue weighted by molar-refractivity contribution is 7.17. The zero-order chi connectivity index (χ0) is 17.5. The van der Waals surface area contributed by atoms with Gasteiger partial charge in [-0.15, -0.1) is 11.3 Å². The first-order valence-electron chi connectivity index (χ1n) is 7.75. The summed E-state index contributed by atoms with van der Waals surface area (Å²) in [5.41, 5.74) is 1.29. The molecule has 0 saturated heterocycles. The van der Waals surface area contributed by atoms with Crippen LogP contribution in [0.5, 0.6) is 0 Å². The summed E-state index contributed by atoms with van der Waals surface area (Å²) in [7, 11) is 0. The van der Waals surface area contributed by atoms with Gasteiger partial charge in [0.25, 0.3) is 5.91 Å². The molecule has 0 aromatic carbocycles. The van der Waals surface area contributed by atoms with E-state index in [9.17, 15) is 14.4 Å². The van der Waals surface area contributed by atoms with E-state index in [1.54, 1.807) is 0 Å². The molecule has 0 spiro atoms. The molecular formula is C16H19N3O4S. The first-order valence-corrected chi connectivity index (χ1v) is 8.57. The molecule has 2 rings (SSSR count). The number of esters is 1. The van der Waals surface area contributed by atoms with Gasteiger partial charge in [0.05, 0.1) is 18.1 Å². The summed E-state index contributed by atoms with van der Waals surface area (Å²) in [6.45, 7) is 1.20. The maximum atomic E-state index is 12.4. The van der Waals surface area contributed by atoms with E-state index in [0.29, 0.717) is 10.6 Å². The summed E-state index contributed by atoms with van der Waals surface area (Å²) < 4.78 is 5.09. The van der Waals surface area contributed by atoms with Crippen molar-refractivity contribution in [3.63, 3.8) is 0 Å². The van der Waals surface area contributed by atoms with Crippen LogP contribution < -0.4 is 10.6 Å². The van der Waals surface area contributed by atoms with Gasteiger partial charge in [0.2, 0.25) is 5.91 Å². The second kappa shape index (κ2) is 8.45. The van der Waals surface area contributed by atoms with Crippen LogP contribution in [0.3, 0.4) is 0 Å². The van der Waals surface area contributed by atoms with Crippen molar-refractivity contribution in [1.29, 1.82) is 5.26 Å². The molecule has 0 aliphatic heterocycles. The predicted octanol–water partition coefficient (Wildman–Crippen LogP) is 1.77. The summed E-state index contributed by atoms with van der Waals surface area (Å²) in [4.78, 5) is 36.5. The zero-order valence-corrected chi connectivity index (χ0v) is 14.3. The Morgan fingerprint density at radius 1 is 1.29 bits per heavy atom. The molecule has 1 aliphatic rings. The number of hydrogen-bond donors (Lipinski definition) is 2. The molecule has 0 saturated carbocycles. The van der Waals surface area contributed by atoms with Gasteiger partial charge in [0.15, 0.2) is 6.61 Å². The highest BCUT2D eigenvalue weighted by atomic mass is 32.1. The van der Waals surface area contributed by atoms with Crippen LogP contribution in [0.25, 0.3) is 0 Å². The highest BCUT2D eigenvalue weighted by Gasteiger charge is 2.27. The van der Waals surface area contributed by atoms with Gasteiger partial charge in [-0.2, -0.15) is 5.26 Å². The minimum Gasteiger partial charge on any atom is -0.452 e. The van der Waals surface area contributed by atoms with E-state index in [1.807, 2.05) is 6.07 Å². The molecule has 24 heavy (non-hydrogen) atoms. The van der Waals surface area contributed by atoms with Crippen molar-refractivity contribution in [2.75, 3.05) is 18.5 Å². The van der Waals surface area contributed by atoms with Crippen molar-refractivity contribution >= 4 is 34.1 Å². The van der Waals surface area contributed by atoms with Crippen molar-refractivity contribution in [2.45, 2.75) is 39.0 Å². The van der Waals surface area contributed by atoms with Crippen LogP contribution in [0, 0.1) is 11.3 Å². The lowest BCUT2D eigenvalue weighted by Gasteiger charge is -2.12. The van der Waals surface area contributed by atoms with E-state index in [4.69, 9.17) is 10.00 Å². The van der Waals surface area contributed by atoms with Gasteiger partial charge in [-0.1, -0.05) is 0 Å². The Hall–Kier alpha value is -2.40. The van der Waals surface area contributed by atoms with Crippen LogP contribution in [0.2, 0.25) is 0 Å². The van der Waals surface area contributed by atoms with Crippen LogP contribution in [0.15, 0.2) is 0 Å². The van der Waals surface area contributed by atoms with Crippen molar-refractivity contribution in [3.05, 3.63) is 16.0 Å². The van der Waals surface area contributed by atoms with E-state index in [0.717, 1.165) is 36.1 Å². The Balaban J connectivity index is 2.07. The molecular weight excluding hydrogens is 330 g/mol. The molecule has 1 aromatic heterocycles. The normalized spacial score (nSPS) is 12.7. The maximum absolute atomic E-state index is 12.4. The molecule has 0 unspecified atom stereocenters. The Morgan fingerprint density at radius 3 is 2.75 bits per heavy atom. The third-order valence-electron chi connectivity index (χ3n) is 3.56. The standard InChI is InChI=1S/C16H19N3O4S/c1-10(20)19-15-14(11-5-2-3-6-12(11)24-15)16(22)23-9-13(21)18-8-4-7-17/h2-6,8-9H2,1H3,(H,18,21)(H,19,20). The van der Waals surface area contributed by atoms with Gasteiger partial charge in [-0.05, 0) is 31.2 Å². The second-order valence-corrected chi connectivity index (χ2v) is 6.54. The molecule has 8 heteroatoms. The summed E-state index contributed by atoms with van der Waals surface area (Å²) in [5, 5.41) is 14.1. The van der Waals surface area contributed by atoms with Crippen molar-refractivity contribution in [3.8, 4) is 6.07 Å². The molecule has 1 aromatic rings. The van der Waals surface area contributed by atoms with Crippen LogP contribution in [-0.4, -0.2) is 30.9 Å². The first kappa shape index (κ1) is 17.9. The van der Waals surface area contributed by atoms with Crippen molar-refractivity contribution in [1.82, 2.24) is 5.32 Å². The number of ether oxygens (including phenoxy) is 1. The average Bonchev–Trinajstić information content (AvgIpc) is 2.90. The number of rotatable bonds is 6. The predicted molar refractivity (Wildman–Crippen MR) is 88.8 cm³/mol.